The second kappa shape index (κ2) is 4.48. The van der Waals surface area contributed by atoms with Crippen LogP contribution in [-0.2, 0) is 4.74 Å². The highest BCUT2D eigenvalue weighted by Crippen LogP contribution is 2.27. The first-order chi connectivity index (χ1) is 6.88. The molecular weight excluding hydrogens is 180 g/mol. The van der Waals surface area contributed by atoms with E-state index in [4.69, 9.17) is 4.74 Å². The van der Waals surface area contributed by atoms with Crippen LogP contribution < -0.4 is 0 Å². The Hall–Kier alpha value is -1.00. The van der Waals surface area contributed by atoms with Gasteiger partial charge in [-0.25, -0.2) is 0 Å². The lowest BCUT2D eigenvalue weighted by molar-refractivity contribution is -0.0101. The van der Waals surface area contributed by atoms with Crippen molar-refractivity contribution in [1.29, 1.82) is 0 Å². The van der Waals surface area contributed by atoms with Gasteiger partial charge in [0, 0.05) is 24.3 Å². The van der Waals surface area contributed by atoms with E-state index in [1.807, 2.05) is 0 Å². The Balaban J connectivity index is 2.03. The molecule has 2 rings (SSSR count). The van der Waals surface area contributed by atoms with E-state index in [0.717, 1.165) is 25.0 Å². The fraction of sp³-hybridized carbons (Fsp3) is 0.600. The number of hydrogen-bond acceptors (Lipinski definition) is 4. The first kappa shape index (κ1) is 9.55. The summed E-state index contributed by atoms with van der Waals surface area (Å²) in [6.07, 6.45) is 4.79. The molecule has 1 N–H and O–H groups in total. The minimum atomic E-state index is -0.467. The molecule has 1 aliphatic rings. The van der Waals surface area contributed by atoms with Crippen molar-refractivity contribution in [3.05, 3.63) is 24.0 Å². The number of ether oxygens (including phenoxy) is 1. The minimum absolute atomic E-state index is 0.202. The van der Waals surface area contributed by atoms with Crippen molar-refractivity contribution >= 4 is 0 Å². The van der Waals surface area contributed by atoms with Gasteiger partial charge in [-0.05, 0) is 18.9 Å². The Morgan fingerprint density at radius 3 is 3.07 bits per heavy atom. The molecule has 0 aromatic carbocycles. The first-order valence-electron chi connectivity index (χ1n) is 4.90. The SMILES string of the molecule is OC(c1ccnnc1)C1CCCOC1. The maximum absolute atomic E-state index is 10.00. The Bertz CT molecular complexity index is 273. The summed E-state index contributed by atoms with van der Waals surface area (Å²) in [7, 11) is 0. The van der Waals surface area contributed by atoms with E-state index in [0.29, 0.717) is 6.61 Å². The maximum atomic E-state index is 10.00. The van der Waals surface area contributed by atoms with Gasteiger partial charge in [-0.15, -0.1) is 0 Å². The van der Waals surface area contributed by atoms with Crippen molar-refractivity contribution < 1.29 is 9.84 Å². The zero-order valence-electron chi connectivity index (χ0n) is 7.97. The van der Waals surface area contributed by atoms with Crippen LogP contribution in [0.2, 0.25) is 0 Å². The number of hydrogen-bond donors (Lipinski definition) is 1. The predicted molar refractivity (Wildman–Crippen MR) is 50.5 cm³/mol. The van der Waals surface area contributed by atoms with Crippen molar-refractivity contribution in [3.63, 3.8) is 0 Å². The minimum Gasteiger partial charge on any atom is -0.388 e. The van der Waals surface area contributed by atoms with Gasteiger partial charge in [0.05, 0.1) is 18.9 Å². The number of rotatable bonds is 2. The standard InChI is InChI=1S/C10H14N2O2/c13-10(8-3-4-11-12-6-8)9-2-1-5-14-7-9/h3-4,6,9-10,13H,1-2,5,7H2. The predicted octanol–water partition coefficient (Wildman–Crippen LogP) is 0.937. The highest BCUT2D eigenvalue weighted by Gasteiger charge is 2.23. The summed E-state index contributed by atoms with van der Waals surface area (Å²) in [5, 5.41) is 17.4. The largest absolute Gasteiger partial charge is 0.388 e. The molecule has 1 aliphatic heterocycles. The summed E-state index contributed by atoms with van der Waals surface area (Å²) in [5.74, 6) is 0.202. The molecule has 1 fully saturated rings. The fourth-order valence-corrected chi connectivity index (χ4v) is 1.76. The van der Waals surface area contributed by atoms with E-state index in [2.05, 4.69) is 10.2 Å². The highest BCUT2D eigenvalue weighted by atomic mass is 16.5. The molecule has 0 bridgehead atoms. The monoisotopic (exact) mass is 194 g/mol. The van der Waals surface area contributed by atoms with Gasteiger partial charge in [-0.3, -0.25) is 0 Å². The fourth-order valence-electron chi connectivity index (χ4n) is 1.76. The molecule has 1 saturated heterocycles. The molecular formula is C10H14N2O2. The lowest BCUT2D eigenvalue weighted by Gasteiger charge is -2.26. The average Bonchev–Trinajstić information content (AvgIpc) is 2.30. The quantitative estimate of drug-likeness (QED) is 0.761. The summed E-state index contributed by atoms with van der Waals surface area (Å²) in [6, 6.07) is 1.80. The van der Waals surface area contributed by atoms with E-state index in [-0.39, 0.29) is 5.92 Å². The number of aliphatic hydroxyl groups is 1. The van der Waals surface area contributed by atoms with Crippen LogP contribution in [0.25, 0.3) is 0 Å². The van der Waals surface area contributed by atoms with Crippen molar-refractivity contribution in [3.8, 4) is 0 Å². The molecule has 2 unspecified atom stereocenters. The summed E-state index contributed by atoms with van der Waals surface area (Å²) in [5.41, 5.74) is 0.829. The Morgan fingerprint density at radius 2 is 2.43 bits per heavy atom. The molecule has 0 aliphatic carbocycles. The molecule has 0 radical (unpaired) electrons. The lowest BCUT2D eigenvalue weighted by atomic mass is 9.92. The zero-order chi connectivity index (χ0) is 9.80. The third-order valence-corrected chi connectivity index (χ3v) is 2.59. The lowest BCUT2D eigenvalue weighted by Crippen LogP contribution is -2.23. The molecule has 0 spiro atoms. The Morgan fingerprint density at radius 1 is 1.50 bits per heavy atom. The van der Waals surface area contributed by atoms with Gasteiger partial charge in [0.1, 0.15) is 0 Å². The van der Waals surface area contributed by atoms with Crippen LogP contribution in [0.1, 0.15) is 24.5 Å². The van der Waals surface area contributed by atoms with E-state index < -0.39 is 6.10 Å². The highest BCUT2D eigenvalue weighted by molar-refractivity contribution is 5.10. The third kappa shape index (κ3) is 2.08. The summed E-state index contributed by atoms with van der Waals surface area (Å²) in [6.45, 7) is 1.46. The summed E-state index contributed by atoms with van der Waals surface area (Å²) in [4.78, 5) is 0. The molecule has 14 heavy (non-hydrogen) atoms. The van der Waals surface area contributed by atoms with Gasteiger partial charge in [0.2, 0.25) is 0 Å². The van der Waals surface area contributed by atoms with Gasteiger partial charge in [-0.2, -0.15) is 10.2 Å². The summed E-state index contributed by atoms with van der Waals surface area (Å²) >= 11 is 0. The third-order valence-electron chi connectivity index (χ3n) is 2.59. The second-order valence-electron chi connectivity index (χ2n) is 3.60. The number of aromatic nitrogens is 2. The normalized spacial score (nSPS) is 24.5. The molecule has 2 atom stereocenters. The zero-order valence-corrected chi connectivity index (χ0v) is 7.97. The van der Waals surface area contributed by atoms with Gasteiger partial charge in [0.25, 0.3) is 0 Å². The molecule has 2 heterocycles. The van der Waals surface area contributed by atoms with Crippen LogP contribution in [0.4, 0.5) is 0 Å². The van der Waals surface area contributed by atoms with Crippen molar-refractivity contribution in [1.82, 2.24) is 10.2 Å². The van der Waals surface area contributed by atoms with Crippen LogP contribution in [0.5, 0.6) is 0 Å². The van der Waals surface area contributed by atoms with Gasteiger partial charge in [-0.1, -0.05) is 0 Å². The number of nitrogens with zero attached hydrogens (tertiary/aromatic N) is 2. The molecule has 4 nitrogen and oxygen atoms in total. The summed E-state index contributed by atoms with van der Waals surface area (Å²) < 4.78 is 5.33. The van der Waals surface area contributed by atoms with Crippen LogP contribution in [-0.4, -0.2) is 28.5 Å². The smallest absolute Gasteiger partial charge is 0.0856 e. The van der Waals surface area contributed by atoms with Crippen LogP contribution in [0.3, 0.4) is 0 Å². The van der Waals surface area contributed by atoms with Crippen LogP contribution in [0, 0.1) is 5.92 Å². The van der Waals surface area contributed by atoms with Crippen molar-refractivity contribution in [2.24, 2.45) is 5.92 Å². The first-order valence-corrected chi connectivity index (χ1v) is 4.90. The molecule has 1 aromatic heterocycles. The topological polar surface area (TPSA) is 55.2 Å². The Kier molecular flexibility index (Phi) is 3.06. The van der Waals surface area contributed by atoms with Crippen LogP contribution >= 0.6 is 0 Å². The van der Waals surface area contributed by atoms with Crippen molar-refractivity contribution in [2.45, 2.75) is 18.9 Å². The van der Waals surface area contributed by atoms with E-state index in [1.165, 1.54) is 0 Å². The maximum Gasteiger partial charge on any atom is 0.0856 e. The second-order valence-corrected chi connectivity index (χ2v) is 3.60. The molecule has 76 valence electrons. The molecule has 4 heteroatoms. The van der Waals surface area contributed by atoms with E-state index in [1.54, 1.807) is 18.5 Å². The van der Waals surface area contributed by atoms with Crippen LogP contribution in [0.15, 0.2) is 18.5 Å². The molecule has 0 amide bonds. The van der Waals surface area contributed by atoms with E-state index >= 15 is 0 Å². The van der Waals surface area contributed by atoms with E-state index in [9.17, 15) is 5.11 Å². The average molecular weight is 194 g/mol. The van der Waals surface area contributed by atoms with Gasteiger partial charge >= 0.3 is 0 Å². The Labute approximate surface area is 82.9 Å². The van der Waals surface area contributed by atoms with Gasteiger partial charge < -0.3 is 9.84 Å². The molecule has 0 saturated carbocycles. The molecule has 1 aromatic rings. The number of aliphatic hydroxyl groups excluding tert-OH is 1. The van der Waals surface area contributed by atoms with Crippen molar-refractivity contribution in [2.75, 3.05) is 13.2 Å². The van der Waals surface area contributed by atoms with Gasteiger partial charge in [0.15, 0.2) is 0 Å².